The highest BCUT2D eigenvalue weighted by atomic mass is 16.2. The molecule has 0 aliphatic carbocycles. The van der Waals surface area contributed by atoms with Gasteiger partial charge in [0.25, 0.3) is 5.91 Å². The quantitative estimate of drug-likeness (QED) is 0.943. The highest BCUT2D eigenvalue weighted by Crippen LogP contribution is 2.22. The van der Waals surface area contributed by atoms with Crippen LogP contribution < -0.4 is 5.32 Å². The molecule has 0 bridgehead atoms. The average molecular weight is 315 g/mol. The fraction of sp³-hybridized carbons (Fsp3) is 0.444. The van der Waals surface area contributed by atoms with E-state index in [-0.39, 0.29) is 23.9 Å². The van der Waals surface area contributed by atoms with Gasteiger partial charge in [0.15, 0.2) is 0 Å². The number of benzene rings is 1. The van der Waals surface area contributed by atoms with Crippen LogP contribution in [0.25, 0.3) is 10.9 Å². The lowest BCUT2D eigenvalue weighted by Gasteiger charge is -2.23. The van der Waals surface area contributed by atoms with E-state index in [0.717, 1.165) is 17.4 Å². The number of hydrogen-bond acceptors (Lipinski definition) is 2. The molecule has 0 saturated carbocycles. The van der Waals surface area contributed by atoms with Crippen molar-refractivity contribution in [3.8, 4) is 0 Å². The Morgan fingerprint density at radius 1 is 1.22 bits per heavy atom. The van der Waals surface area contributed by atoms with Crippen molar-refractivity contribution < 1.29 is 9.59 Å². The predicted octanol–water partition coefficient (Wildman–Crippen LogP) is 2.65. The molecule has 0 fully saturated rings. The Bertz CT molecular complexity index is 725. The maximum atomic E-state index is 12.7. The first-order valence-corrected chi connectivity index (χ1v) is 7.87. The molecule has 0 spiro atoms. The zero-order valence-electron chi connectivity index (χ0n) is 14.5. The molecule has 0 atom stereocenters. The van der Waals surface area contributed by atoms with Crippen molar-refractivity contribution in [1.82, 2.24) is 14.8 Å². The molecule has 5 heteroatoms. The second-order valence-corrected chi connectivity index (χ2v) is 6.81. The number of rotatable bonds is 4. The van der Waals surface area contributed by atoms with Crippen LogP contribution in [0.2, 0.25) is 0 Å². The van der Waals surface area contributed by atoms with Crippen LogP contribution in [0.15, 0.2) is 30.5 Å². The third kappa shape index (κ3) is 3.92. The summed E-state index contributed by atoms with van der Waals surface area (Å²) in [4.78, 5) is 26.2. The van der Waals surface area contributed by atoms with E-state index in [1.165, 1.54) is 4.90 Å². The molecule has 2 rings (SSSR count). The number of aromatic nitrogens is 1. The summed E-state index contributed by atoms with van der Waals surface area (Å²) in [5, 5.41) is 3.79. The minimum atomic E-state index is -0.306. The zero-order chi connectivity index (χ0) is 17.2. The van der Waals surface area contributed by atoms with Crippen molar-refractivity contribution >= 4 is 22.7 Å². The molecule has 0 unspecified atom stereocenters. The molecule has 1 heterocycles. The molecule has 23 heavy (non-hydrogen) atoms. The van der Waals surface area contributed by atoms with Gasteiger partial charge in [-0.2, -0.15) is 0 Å². The Morgan fingerprint density at radius 2 is 1.87 bits per heavy atom. The van der Waals surface area contributed by atoms with Gasteiger partial charge in [0.1, 0.15) is 0 Å². The molecule has 0 radical (unpaired) electrons. The SMILES string of the molecule is CCn1cc(C(=O)N(C)CC(=O)NC(C)(C)C)c2ccccc21. The normalized spacial score (nSPS) is 11.5. The van der Waals surface area contributed by atoms with Crippen LogP contribution in [0, 0.1) is 0 Å². The zero-order valence-corrected chi connectivity index (χ0v) is 14.5. The van der Waals surface area contributed by atoms with E-state index in [2.05, 4.69) is 5.32 Å². The van der Waals surface area contributed by atoms with E-state index in [1.54, 1.807) is 7.05 Å². The smallest absolute Gasteiger partial charge is 0.256 e. The minimum absolute atomic E-state index is 0.0434. The Hall–Kier alpha value is -2.30. The van der Waals surface area contributed by atoms with E-state index in [9.17, 15) is 9.59 Å². The van der Waals surface area contributed by atoms with Crippen molar-refractivity contribution in [3.05, 3.63) is 36.0 Å². The number of hydrogen-bond donors (Lipinski definition) is 1. The lowest BCUT2D eigenvalue weighted by atomic mass is 10.1. The van der Waals surface area contributed by atoms with Crippen molar-refractivity contribution in [2.24, 2.45) is 0 Å². The lowest BCUT2D eigenvalue weighted by Crippen LogP contribution is -2.46. The summed E-state index contributed by atoms with van der Waals surface area (Å²) in [5.41, 5.74) is 1.36. The molecule has 2 aromatic rings. The summed E-state index contributed by atoms with van der Waals surface area (Å²) >= 11 is 0. The van der Waals surface area contributed by atoms with Crippen LogP contribution in [-0.2, 0) is 11.3 Å². The maximum Gasteiger partial charge on any atom is 0.256 e. The van der Waals surface area contributed by atoms with E-state index in [1.807, 2.05) is 62.7 Å². The van der Waals surface area contributed by atoms with Crippen LogP contribution in [0.4, 0.5) is 0 Å². The third-order valence-electron chi connectivity index (χ3n) is 3.60. The summed E-state index contributed by atoms with van der Waals surface area (Å²) in [7, 11) is 1.66. The summed E-state index contributed by atoms with van der Waals surface area (Å²) in [6, 6.07) is 7.83. The molecule has 0 saturated heterocycles. The second-order valence-electron chi connectivity index (χ2n) is 6.81. The van der Waals surface area contributed by atoms with Gasteiger partial charge in [0.05, 0.1) is 12.1 Å². The number of carbonyl (C=O) groups excluding carboxylic acids is 2. The van der Waals surface area contributed by atoms with Gasteiger partial charge in [0, 0.05) is 36.2 Å². The molecular formula is C18H25N3O2. The van der Waals surface area contributed by atoms with E-state index >= 15 is 0 Å². The molecule has 0 aliphatic heterocycles. The van der Waals surface area contributed by atoms with Crippen LogP contribution in [0.5, 0.6) is 0 Å². The van der Waals surface area contributed by atoms with Crippen molar-refractivity contribution in [3.63, 3.8) is 0 Å². The van der Waals surface area contributed by atoms with Gasteiger partial charge in [-0.15, -0.1) is 0 Å². The highest BCUT2D eigenvalue weighted by Gasteiger charge is 2.21. The molecule has 124 valence electrons. The fourth-order valence-electron chi connectivity index (χ4n) is 2.63. The minimum Gasteiger partial charge on any atom is -0.350 e. The van der Waals surface area contributed by atoms with Gasteiger partial charge in [0.2, 0.25) is 5.91 Å². The highest BCUT2D eigenvalue weighted by molar-refractivity contribution is 6.07. The molecule has 1 N–H and O–H groups in total. The third-order valence-corrected chi connectivity index (χ3v) is 3.60. The second kappa shape index (κ2) is 6.44. The number of fused-ring (bicyclic) bond motifs is 1. The number of likely N-dealkylation sites (N-methyl/N-ethyl adjacent to an activating group) is 1. The number of aryl methyl sites for hydroxylation is 1. The van der Waals surface area contributed by atoms with E-state index < -0.39 is 0 Å². The van der Waals surface area contributed by atoms with Crippen molar-refractivity contribution in [2.75, 3.05) is 13.6 Å². The topological polar surface area (TPSA) is 54.3 Å². The Balaban J connectivity index is 2.22. The van der Waals surface area contributed by atoms with Crippen LogP contribution in [-0.4, -0.2) is 40.4 Å². The van der Waals surface area contributed by atoms with Gasteiger partial charge < -0.3 is 14.8 Å². The molecule has 1 aromatic carbocycles. The summed E-state index contributed by atoms with van der Waals surface area (Å²) in [6.45, 7) is 8.63. The van der Waals surface area contributed by atoms with Gasteiger partial charge >= 0.3 is 0 Å². The number of amides is 2. The molecule has 1 aromatic heterocycles. The standard InChI is InChI=1S/C18H25N3O2/c1-6-21-11-14(13-9-7-8-10-15(13)21)17(23)20(5)12-16(22)19-18(2,3)4/h7-11H,6,12H2,1-5H3,(H,19,22). The largest absolute Gasteiger partial charge is 0.350 e. The number of carbonyl (C=O) groups is 2. The van der Waals surface area contributed by atoms with E-state index in [4.69, 9.17) is 0 Å². The Kier molecular flexibility index (Phi) is 4.78. The Labute approximate surface area is 137 Å². The number of para-hydroxylation sites is 1. The number of nitrogens with zero attached hydrogens (tertiary/aromatic N) is 2. The molecule has 0 aliphatic rings. The fourth-order valence-corrected chi connectivity index (χ4v) is 2.63. The molecule has 2 amide bonds. The monoisotopic (exact) mass is 315 g/mol. The number of nitrogens with one attached hydrogen (secondary N) is 1. The van der Waals surface area contributed by atoms with Gasteiger partial charge in [-0.1, -0.05) is 18.2 Å². The predicted molar refractivity (Wildman–Crippen MR) is 92.5 cm³/mol. The lowest BCUT2D eigenvalue weighted by molar-refractivity contribution is -0.122. The van der Waals surface area contributed by atoms with Crippen LogP contribution in [0.1, 0.15) is 38.1 Å². The molecular weight excluding hydrogens is 290 g/mol. The maximum absolute atomic E-state index is 12.7. The van der Waals surface area contributed by atoms with Crippen molar-refractivity contribution in [2.45, 2.75) is 39.8 Å². The molecule has 5 nitrogen and oxygen atoms in total. The van der Waals surface area contributed by atoms with Crippen molar-refractivity contribution in [1.29, 1.82) is 0 Å². The summed E-state index contributed by atoms with van der Waals surface area (Å²) < 4.78 is 2.05. The van der Waals surface area contributed by atoms with Crippen LogP contribution >= 0.6 is 0 Å². The van der Waals surface area contributed by atoms with Gasteiger partial charge in [-0.25, -0.2) is 0 Å². The van der Waals surface area contributed by atoms with Gasteiger partial charge in [-0.3, -0.25) is 9.59 Å². The van der Waals surface area contributed by atoms with Crippen LogP contribution in [0.3, 0.4) is 0 Å². The summed E-state index contributed by atoms with van der Waals surface area (Å²) in [5.74, 6) is -0.301. The first kappa shape index (κ1) is 17.1. The Morgan fingerprint density at radius 3 is 2.48 bits per heavy atom. The van der Waals surface area contributed by atoms with Gasteiger partial charge in [-0.05, 0) is 33.8 Å². The summed E-state index contributed by atoms with van der Waals surface area (Å²) in [6.07, 6.45) is 1.87. The first-order valence-electron chi connectivity index (χ1n) is 7.87. The van der Waals surface area contributed by atoms with E-state index in [0.29, 0.717) is 5.56 Å². The average Bonchev–Trinajstić information content (AvgIpc) is 2.83. The first-order chi connectivity index (χ1) is 10.7.